The summed E-state index contributed by atoms with van der Waals surface area (Å²) >= 11 is 0.942. The van der Waals surface area contributed by atoms with Crippen LogP contribution in [0, 0.1) is 0 Å². The van der Waals surface area contributed by atoms with Crippen LogP contribution in [0.2, 0.25) is 0 Å². The number of alkyl halides is 3. The Kier molecular flexibility index (Phi) is 6.52. The fourth-order valence-corrected chi connectivity index (χ4v) is 3.79. The van der Waals surface area contributed by atoms with Gasteiger partial charge >= 0.3 is 22.4 Å². The van der Waals surface area contributed by atoms with Gasteiger partial charge in [0, 0.05) is 11.9 Å². The highest BCUT2D eigenvalue weighted by Gasteiger charge is 2.54. The number of rotatable bonds is 7. The normalized spacial score (nSPS) is 19.8. The molecular formula is C12H13F3N6O7S2. The van der Waals surface area contributed by atoms with Crippen LogP contribution in [0.4, 0.5) is 18.3 Å². The molecule has 0 radical (unpaired) electrons. The standard InChI is InChI=1S/C12H13F3N6O7S2/c1-28-20-6(4-3-29-11(16)18-4)8(22)19-7-5(2-17-10(24)12(13,14)15)21(9(7)23)30(25,26)27/h3,5,7H,2H2,1H3,(H2,16,18)(H,17,24)(H,19,22)(H,25,26,27)/t5-,7+/m1/s1. The summed E-state index contributed by atoms with van der Waals surface area (Å²) in [6, 6.07) is -3.46. The number of nitrogens with two attached hydrogens (primary N) is 1. The molecule has 30 heavy (non-hydrogen) atoms. The van der Waals surface area contributed by atoms with E-state index >= 15 is 0 Å². The Morgan fingerprint density at radius 3 is 2.57 bits per heavy atom. The molecular weight excluding hydrogens is 461 g/mol. The molecule has 2 rings (SSSR count). The number of hydrogen-bond donors (Lipinski definition) is 4. The number of halogens is 3. The fourth-order valence-electron chi connectivity index (χ4n) is 2.36. The highest BCUT2D eigenvalue weighted by molar-refractivity contribution is 7.84. The Morgan fingerprint density at radius 2 is 2.10 bits per heavy atom. The zero-order valence-electron chi connectivity index (χ0n) is 14.7. The van der Waals surface area contributed by atoms with Gasteiger partial charge in [0.05, 0.1) is 6.04 Å². The van der Waals surface area contributed by atoms with E-state index in [-0.39, 0.29) is 15.1 Å². The molecule has 1 fully saturated rings. The number of carbonyl (C=O) groups is 3. The van der Waals surface area contributed by atoms with Crippen molar-refractivity contribution in [3.8, 4) is 0 Å². The van der Waals surface area contributed by atoms with E-state index in [9.17, 15) is 36.0 Å². The molecule has 3 amide bonds. The maximum Gasteiger partial charge on any atom is 0.471 e. The third-order valence-electron chi connectivity index (χ3n) is 3.60. The lowest BCUT2D eigenvalue weighted by Crippen LogP contribution is -2.74. The molecule has 5 N–H and O–H groups in total. The van der Waals surface area contributed by atoms with Crippen molar-refractivity contribution in [1.82, 2.24) is 19.9 Å². The Hall–Kier alpha value is -2.99. The quantitative estimate of drug-likeness (QED) is 0.153. The molecule has 2 heterocycles. The molecule has 1 saturated heterocycles. The number of oxime groups is 1. The summed E-state index contributed by atoms with van der Waals surface area (Å²) in [6.45, 7) is -1.05. The minimum atomic E-state index is -5.28. The van der Waals surface area contributed by atoms with Gasteiger partial charge in [-0.3, -0.25) is 18.9 Å². The van der Waals surface area contributed by atoms with Crippen LogP contribution in [0.5, 0.6) is 0 Å². The number of hydrogen-bond acceptors (Lipinski definition) is 10. The summed E-state index contributed by atoms with van der Waals surface area (Å²) in [5.74, 6) is -4.88. The number of carbonyl (C=O) groups excluding carboxylic acids is 3. The number of anilines is 1. The summed E-state index contributed by atoms with van der Waals surface area (Å²) in [5, 5.41) is 8.23. The van der Waals surface area contributed by atoms with E-state index < -0.39 is 58.5 Å². The number of amides is 3. The maximum absolute atomic E-state index is 12.4. The highest BCUT2D eigenvalue weighted by Crippen LogP contribution is 2.24. The number of thiazole rings is 1. The minimum absolute atomic E-state index is 0.0582. The van der Waals surface area contributed by atoms with Gasteiger partial charge in [-0.1, -0.05) is 5.16 Å². The first-order chi connectivity index (χ1) is 13.8. The van der Waals surface area contributed by atoms with Crippen molar-refractivity contribution in [1.29, 1.82) is 0 Å². The van der Waals surface area contributed by atoms with Crippen LogP contribution in [0.25, 0.3) is 0 Å². The zero-order chi connectivity index (χ0) is 22.9. The molecule has 1 aliphatic rings. The Balaban J connectivity index is 2.22. The molecule has 0 bridgehead atoms. The van der Waals surface area contributed by atoms with E-state index in [1.54, 1.807) is 0 Å². The Morgan fingerprint density at radius 1 is 1.47 bits per heavy atom. The van der Waals surface area contributed by atoms with Crippen molar-refractivity contribution in [2.24, 2.45) is 5.16 Å². The van der Waals surface area contributed by atoms with Gasteiger partial charge in [-0.05, 0) is 0 Å². The van der Waals surface area contributed by atoms with E-state index in [0.29, 0.717) is 0 Å². The van der Waals surface area contributed by atoms with Gasteiger partial charge in [0.15, 0.2) is 10.8 Å². The van der Waals surface area contributed by atoms with Crippen LogP contribution in [0.15, 0.2) is 10.5 Å². The maximum atomic E-state index is 12.4. The number of β-lactam (4-membered cyclic amide) rings is 1. The minimum Gasteiger partial charge on any atom is -0.398 e. The van der Waals surface area contributed by atoms with Crippen molar-refractivity contribution >= 4 is 50.2 Å². The van der Waals surface area contributed by atoms with Gasteiger partial charge in [-0.2, -0.15) is 21.6 Å². The molecule has 1 aromatic rings. The Labute approximate surface area is 169 Å². The molecule has 166 valence electrons. The smallest absolute Gasteiger partial charge is 0.398 e. The van der Waals surface area contributed by atoms with Gasteiger partial charge in [-0.25, -0.2) is 9.29 Å². The van der Waals surface area contributed by atoms with Crippen molar-refractivity contribution in [2.75, 3.05) is 19.4 Å². The first-order valence-corrected chi connectivity index (χ1v) is 9.84. The second kappa shape index (κ2) is 8.40. The van der Waals surface area contributed by atoms with Crippen LogP contribution in [-0.4, -0.2) is 77.6 Å². The average molecular weight is 474 g/mol. The SMILES string of the molecule is CON=C(C(=O)N[C@@H]1C(=O)N(S(=O)(=O)O)[C@@H]1CNC(=O)C(F)(F)F)c1csc(N)n1. The van der Waals surface area contributed by atoms with Gasteiger partial charge in [0.25, 0.3) is 11.8 Å². The van der Waals surface area contributed by atoms with Gasteiger partial charge < -0.3 is 21.2 Å². The van der Waals surface area contributed by atoms with Crippen LogP contribution < -0.4 is 16.4 Å². The van der Waals surface area contributed by atoms with Crippen molar-refractivity contribution in [3.63, 3.8) is 0 Å². The highest BCUT2D eigenvalue weighted by atomic mass is 32.2. The molecule has 0 saturated carbocycles. The lowest BCUT2D eigenvalue weighted by molar-refractivity contribution is -0.174. The molecule has 1 aliphatic heterocycles. The van der Waals surface area contributed by atoms with E-state index in [1.165, 1.54) is 10.7 Å². The van der Waals surface area contributed by atoms with Crippen molar-refractivity contribution in [3.05, 3.63) is 11.1 Å². The van der Waals surface area contributed by atoms with Crippen LogP contribution in [0.1, 0.15) is 5.69 Å². The summed E-state index contributed by atoms with van der Waals surface area (Å²) in [7, 11) is -4.09. The summed E-state index contributed by atoms with van der Waals surface area (Å²) in [5.41, 5.74) is 4.93. The number of aromatic nitrogens is 1. The fraction of sp³-hybridized carbons (Fsp3) is 0.417. The third kappa shape index (κ3) is 4.94. The zero-order valence-corrected chi connectivity index (χ0v) is 16.3. The molecule has 1 aromatic heterocycles. The summed E-state index contributed by atoms with van der Waals surface area (Å²) < 4.78 is 68.6. The summed E-state index contributed by atoms with van der Waals surface area (Å²) in [4.78, 5) is 43.8. The topological polar surface area (TPSA) is 193 Å². The van der Waals surface area contributed by atoms with E-state index in [2.05, 4.69) is 15.0 Å². The van der Waals surface area contributed by atoms with E-state index in [1.807, 2.05) is 5.32 Å². The number of nitrogen functional groups attached to an aromatic ring is 1. The third-order valence-corrected chi connectivity index (χ3v) is 5.22. The van der Waals surface area contributed by atoms with Gasteiger partial charge in [0.2, 0.25) is 0 Å². The largest absolute Gasteiger partial charge is 0.471 e. The van der Waals surface area contributed by atoms with E-state index in [4.69, 9.17) is 10.3 Å². The molecule has 13 nitrogen and oxygen atoms in total. The molecule has 18 heteroatoms. The van der Waals surface area contributed by atoms with Crippen molar-refractivity contribution < 1.29 is 45.4 Å². The molecule has 2 atom stereocenters. The van der Waals surface area contributed by atoms with Gasteiger partial charge in [-0.15, -0.1) is 11.3 Å². The van der Waals surface area contributed by atoms with Crippen LogP contribution >= 0.6 is 11.3 Å². The first kappa shape index (κ1) is 23.3. The second-order valence-electron chi connectivity index (χ2n) is 5.53. The molecule has 0 spiro atoms. The van der Waals surface area contributed by atoms with Crippen molar-refractivity contribution in [2.45, 2.75) is 18.3 Å². The first-order valence-electron chi connectivity index (χ1n) is 7.56. The molecule has 0 unspecified atom stereocenters. The summed E-state index contributed by atoms with van der Waals surface area (Å²) in [6.07, 6.45) is -5.28. The average Bonchev–Trinajstić information content (AvgIpc) is 3.04. The lowest BCUT2D eigenvalue weighted by atomic mass is 9.98. The number of nitrogens with zero attached hydrogens (tertiary/aromatic N) is 3. The van der Waals surface area contributed by atoms with Crippen LogP contribution in [-0.2, 0) is 29.5 Å². The van der Waals surface area contributed by atoms with E-state index in [0.717, 1.165) is 18.4 Å². The predicted octanol–water partition coefficient (Wildman–Crippen LogP) is -1.75. The molecule has 0 aliphatic carbocycles. The second-order valence-corrected chi connectivity index (χ2v) is 7.71. The monoisotopic (exact) mass is 474 g/mol. The van der Waals surface area contributed by atoms with Gasteiger partial charge in [0.1, 0.15) is 18.8 Å². The predicted molar refractivity (Wildman–Crippen MR) is 93.3 cm³/mol. The number of nitrogens with one attached hydrogen (secondary N) is 2. The van der Waals surface area contributed by atoms with Crippen LogP contribution in [0.3, 0.4) is 0 Å². The molecule has 0 aromatic carbocycles. The lowest BCUT2D eigenvalue weighted by Gasteiger charge is -2.44. The Bertz CT molecular complexity index is 993.